The van der Waals surface area contributed by atoms with Crippen LogP contribution in [0.2, 0.25) is 6.04 Å². The highest BCUT2D eigenvalue weighted by atomic mass is 28.2. The third-order valence-electron chi connectivity index (χ3n) is 4.40. The van der Waals surface area contributed by atoms with E-state index in [0.717, 1.165) is 12.5 Å². The van der Waals surface area contributed by atoms with Gasteiger partial charge in [0.1, 0.15) is 0 Å². The van der Waals surface area contributed by atoms with Crippen molar-refractivity contribution in [3.63, 3.8) is 0 Å². The van der Waals surface area contributed by atoms with Crippen LogP contribution in [0.5, 0.6) is 0 Å². The number of imide groups is 1. The minimum atomic E-state index is -0.147. The lowest BCUT2D eigenvalue weighted by Crippen LogP contribution is -2.41. The molecule has 0 aliphatic carbocycles. The van der Waals surface area contributed by atoms with Crippen molar-refractivity contribution in [3.05, 3.63) is 71.3 Å². The predicted octanol–water partition coefficient (Wildman–Crippen LogP) is 3.63. The molecule has 2 amide bonds. The van der Waals surface area contributed by atoms with Crippen LogP contribution in [-0.2, 0) is 6.42 Å². The van der Waals surface area contributed by atoms with Gasteiger partial charge in [0, 0.05) is 5.67 Å². The number of rotatable bonds is 6. The molecule has 1 aliphatic heterocycles. The number of fused-ring (bicyclic) bond motifs is 1. The second kappa shape index (κ2) is 7.14. The van der Waals surface area contributed by atoms with Gasteiger partial charge < -0.3 is 0 Å². The van der Waals surface area contributed by atoms with Gasteiger partial charge in [-0.15, -0.1) is 0 Å². The van der Waals surface area contributed by atoms with Gasteiger partial charge in [-0.1, -0.05) is 55.4 Å². The maximum absolute atomic E-state index is 12.5. The molecule has 3 rings (SSSR count). The molecule has 0 N–H and O–H groups in total. The Morgan fingerprint density at radius 3 is 2.00 bits per heavy atom. The Hall–Kier alpha value is -2.20. The third kappa shape index (κ3) is 3.34. The van der Waals surface area contributed by atoms with Gasteiger partial charge in [0.15, 0.2) is 0 Å². The monoisotopic (exact) mass is 335 g/mol. The molecular weight excluding hydrogens is 314 g/mol. The molecule has 1 heterocycles. The Bertz CT molecular complexity index is 709. The second-order valence-electron chi connectivity index (χ2n) is 6.41. The maximum Gasteiger partial charge on any atom is 0.261 e. The zero-order valence-corrected chi connectivity index (χ0v) is 15.0. The first-order valence-electron chi connectivity index (χ1n) is 8.32. The van der Waals surface area contributed by atoms with Crippen LogP contribution in [0.4, 0.5) is 0 Å². The summed E-state index contributed by atoms with van der Waals surface area (Å²) in [6.45, 7) is 4.21. The summed E-state index contributed by atoms with van der Waals surface area (Å²) in [4.78, 5) is 26.4. The van der Waals surface area contributed by atoms with Crippen LogP contribution < -0.4 is 0 Å². The lowest BCUT2D eigenvalue weighted by molar-refractivity contribution is 0.0640. The fraction of sp³-hybridized carbons (Fsp3) is 0.300. The summed E-state index contributed by atoms with van der Waals surface area (Å²) >= 11 is 0. The molecule has 2 unspecified atom stereocenters. The fourth-order valence-corrected chi connectivity index (χ4v) is 4.42. The van der Waals surface area contributed by atoms with E-state index in [9.17, 15) is 9.59 Å². The molecule has 3 nitrogen and oxygen atoms in total. The molecule has 0 saturated carbocycles. The van der Waals surface area contributed by atoms with Crippen molar-refractivity contribution in [2.75, 3.05) is 0 Å². The van der Waals surface area contributed by atoms with Gasteiger partial charge in [-0.05, 0) is 37.0 Å². The lowest BCUT2D eigenvalue weighted by atomic mass is 10.0. The Balaban J connectivity index is 1.59. The smallest absolute Gasteiger partial charge is 0.261 e. The SMILES string of the molecule is CC(C[Si]C(C)N1C(=O)c2ccccc2C1=O)Cc1ccccc1. The van der Waals surface area contributed by atoms with Crippen LogP contribution in [0.15, 0.2) is 54.6 Å². The van der Waals surface area contributed by atoms with Crippen molar-refractivity contribution in [2.45, 2.75) is 32.0 Å². The third-order valence-corrected chi connectivity index (χ3v) is 6.18. The molecule has 0 saturated heterocycles. The standard InChI is InChI=1S/C20H21NO2Si/c1-14(12-16-8-4-3-5-9-16)13-24-15(2)21-19(22)17-10-6-7-11-18(17)20(21)23/h3-11,14-15H,12-13H2,1-2H3. The summed E-state index contributed by atoms with van der Waals surface area (Å²) < 4.78 is 0. The number of hydrogen-bond acceptors (Lipinski definition) is 2. The molecule has 2 aromatic rings. The molecule has 0 bridgehead atoms. The highest BCUT2D eigenvalue weighted by Gasteiger charge is 2.37. The first kappa shape index (κ1) is 16.6. The zero-order valence-electron chi connectivity index (χ0n) is 14.0. The average Bonchev–Trinajstić information content (AvgIpc) is 2.85. The Morgan fingerprint density at radius 1 is 0.875 bits per heavy atom. The van der Waals surface area contributed by atoms with Gasteiger partial charge >= 0.3 is 0 Å². The van der Waals surface area contributed by atoms with Gasteiger partial charge in [0.2, 0.25) is 0 Å². The number of amides is 2. The van der Waals surface area contributed by atoms with Gasteiger partial charge in [0.25, 0.3) is 11.8 Å². The van der Waals surface area contributed by atoms with E-state index in [-0.39, 0.29) is 17.5 Å². The summed E-state index contributed by atoms with van der Waals surface area (Å²) in [5.41, 5.74) is 2.37. The summed E-state index contributed by atoms with van der Waals surface area (Å²) in [6.07, 6.45) is 1.03. The van der Waals surface area contributed by atoms with E-state index in [1.807, 2.05) is 25.1 Å². The molecule has 2 radical (unpaired) electrons. The predicted molar refractivity (Wildman–Crippen MR) is 96.3 cm³/mol. The van der Waals surface area contributed by atoms with E-state index >= 15 is 0 Å². The molecular formula is C20H21NO2Si. The quantitative estimate of drug-likeness (QED) is 0.597. The topological polar surface area (TPSA) is 37.4 Å². The molecule has 4 heteroatoms. The molecule has 0 aromatic heterocycles. The van der Waals surface area contributed by atoms with Crippen molar-refractivity contribution in [1.29, 1.82) is 0 Å². The van der Waals surface area contributed by atoms with Crippen LogP contribution in [-0.4, -0.2) is 31.9 Å². The summed E-state index contributed by atoms with van der Waals surface area (Å²) in [7, 11) is 0.556. The maximum atomic E-state index is 12.5. The van der Waals surface area contributed by atoms with Crippen molar-refractivity contribution >= 4 is 21.3 Å². The van der Waals surface area contributed by atoms with E-state index in [4.69, 9.17) is 0 Å². The fourth-order valence-electron chi connectivity index (χ4n) is 3.11. The Morgan fingerprint density at radius 2 is 1.42 bits per heavy atom. The van der Waals surface area contributed by atoms with Crippen LogP contribution in [0.25, 0.3) is 0 Å². The van der Waals surface area contributed by atoms with Crippen molar-refractivity contribution in [3.8, 4) is 0 Å². The molecule has 0 fully saturated rings. The summed E-state index contributed by atoms with van der Waals surface area (Å²) in [5.74, 6) is 0.237. The van der Waals surface area contributed by atoms with Gasteiger partial charge in [-0.3, -0.25) is 14.5 Å². The van der Waals surface area contributed by atoms with Crippen molar-refractivity contribution in [1.82, 2.24) is 4.90 Å². The minimum absolute atomic E-state index is 0.0457. The number of carbonyl (C=O) groups excluding carboxylic acids is 2. The van der Waals surface area contributed by atoms with E-state index in [0.29, 0.717) is 26.6 Å². The number of carbonyl (C=O) groups is 2. The van der Waals surface area contributed by atoms with E-state index in [1.165, 1.54) is 10.5 Å². The largest absolute Gasteiger partial charge is 0.275 e. The molecule has 122 valence electrons. The first-order chi connectivity index (χ1) is 11.6. The van der Waals surface area contributed by atoms with Crippen LogP contribution in [0.3, 0.4) is 0 Å². The van der Waals surface area contributed by atoms with Gasteiger partial charge in [-0.25, -0.2) is 0 Å². The van der Waals surface area contributed by atoms with Crippen LogP contribution >= 0.6 is 0 Å². The van der Waals surface area contributed by atoms with Crippen LogP contribution in [0.1, 0.15) is 40.1 Å². The molecule has 0 spiro atoms. The van der Waals surface area contributed by atoms with E-state index < -0.39 is 0 Å². The van der Waals surface area contributed by atoms with Gasteiger partial charge in [-0.2, -0.15) is 0 Å². The normalized spacial score (nSPS) is 16.2. The van der Waals surface area contributed by atoms with Crippen molar-refractivity contribution < 1.29 is 9.59 Å². The van der Waals surface area contributed by atoms with Crippen molar-refractivity contribution in [2.24, 2.45) is 5.92 Å². The lowest BCUT2D eigenvalue weighted by Gasteiger charge is -2.23. The molecule has 1 aliphatic rings. The highest BCUT2D eigenvalue weighted by Crippen LogP contribution is 2.25. The Kier molecular flexibility index (Phi) is 4.95. The van der Waals surface area contributed by atoms with E-state index in [1.54, 1.807) is 12.1 Å². The number of hydrogen-bond donors (Lipinski definition) is 0. The summed E-state index contributed by atoms with van der Waals surface area (Å²) in [6, 6.07) is 18.6. The minimum Gasteiger partial charge on any atom is -0.275 e. The van der Waals surface area contributed by atoms with E-state index in [2.05, 4.69) is 31.2 Å². The van der Waals surface area contributed by atoms with Crippen LogP contribution in [0, 0.1) is 5.92 Å². The summed E-state index contributed by atoms with van der Waals surface area (Å²) in [5, 5.41) is 0. The highest BCUT2D eigenvalue weighted by molar-refractivity contribution is 6.40. The molecule has 2 atom stereocenters. The van der Waals surface area contributed by atoms with Gasteiger partial charge in [0.05, 0.1) is 20.6 Å². The number of nitrogens with zero attached hydrogens (tertiary/aromatic N) is 1. The molecule has 2 aromatic carbocycles. The average molecular weight is 335 g/mol. The second-order valence-corrected chi connectivity index (χ2v) is 8.06. The first-order valence-corrected chi connectivity index (χ1v) is 9.60. The number of benzene rings is 2. The zero-order chi connectivity index (χ0) is 17.1. The molecule has 24 heavy (non-hydrogen) atoms. The Labute approximate surface area is 145 Å².